The molecule has 0 aliphatic heterocycles. The third kappa shape index (κ3) is 1.41. The lowest BCUT2D eigenvalue weighted by Gasteiger charge is -2.05. The lowest BCUT2D eigenvalue weighted by molar-refractivity contribution is 0.447. The van der Waals surface area contributed by atoms with Crippen LogP contribution in [-0.2, 0) is 7.05 Å². The smallest absolute Gasteiger partial charge is 0.235 e. The van der Waals surface area contributed by atoms with Gasteiger partial charge in [0.05, 0.1) is 5.39 Å². The Morgan fingerprint density at radius 3 is 2.78 bits per heavy atom. The van der Waals surface area contributed by atoms with E-state index in [9.17, 15) is 9.90 Å². The Kier molecular flexibility index (Phi) is 2.19. The third-order valence-electron chi connectivity index (χ3n) is 2.83. The number of hydrogen-bond acceptors (Lipinski definition) is 4. The van der Waals surface area contributed by atoms with E-state index < -0.39 is 11.2 Å². The standard InChI is InChI=1S/C13H10N2O3/c1-15-9(6-7-14-15)13-12(17)11(16)8-4-2-3-5-10(8)18-13/h2-7,17H,1H3. The monoisotopic (exact) mass is 242 g/mol. The first-order chi connectivity index (χ1) is 8.68. The van der Waals surface area contributed by atoms with Crippen LogP contribution in [0.15, 0.2) is 45.7 Å². The van der Waals surface area contributed by atoms with Gasteiger partial charge in [0.2, 0.25) is 11.2 Å². The molecule has 3 aromatic rings. The quantitative estimate of drug-likeness (QED) is 0.707. The first kappa shape index (κ1) is 10.6. The van der Waals surface area contributed by atoms with Gasteiger partial charge in [0.15, 0.2) is 5.76 Å². The molecule has 0 fully saturated rings. The minimum absolute atomic E-state index is 0.138. The van der Waals surface area contributed by atoms with Gasteiger partial charge >= 0.3 is 0 Å². The van der Waals surface area contributed by atoms with Crippen molar-refractivity contribution in [2.45, 2.75) is 0 Å². The second-order valence-electron chi connectivity index (χ2n) is 3.95. The predicted octanol–water partition coefficient (Wildman–Crippen LogP) is 1.90. The predicted molar refractivity (Wildman–Crippen MR) is 66.4 cm³/mol. The minimum atomic E-state index is -0.437. The summed E-state index contributed by atoms with van der Waals surface area (Å²) in [6.07, 6.45) is 1.57. The van der Waals surface area contributed by atoms with Crippen molar-refractivity contribution in [2.75, 3.05) is 0 Å². The maximum atomic E-state index is 12.0. The van der Waals surface area contributed by atoms with E-state index >= 15 is 0 Å². The summed E-state index contributed by atoms with van der Waals surface area (Å²) in [6, 6.07) is 8.48. The van der Waals surface area contributed by atoms with Gasteiger partial charge in [-0.3, -0.25) is 9.48 Å². The first-order valence-corrected chi connectivity index (χ1v) is 5.41. The Labute approximate surface area is 102 Å². The number of aromatic nitrogens is 2. The van der Waals surface area contributed by atoms with Crippen LogP contribution < -0.4 is 5.43 Å². The molecule has 0 bridgehead atoms. The highest BCUT2D eigenvalue weighted by Crippen LogP contribution is 2.28. The Balaban J connectivity index is 2.42. The van der Waals surface area contributed by atoms with Gasteiger partial charge in [-0.25, -0.2) is 0 Å². The summed E-state index contributed by atoms with van der Waals surface area (Å²) in [6.45, 7) is 0. The van der Waals surface area contributed by atoms with Crippen molar-refractivity contribution in [2.24, 2.45) is 7.05 Å². The fourth-order valence-corrected chi connectivity index (χ4v) is 1.90. The summed E-state index contributed by atoms with van der Waals surface area (Å²) in [5.74, 6) is -0.254. The molecule has 0 radical (unpaired) electrons. The van der Waals surface area contributed by atoms with Gasteiger partial charge in [-0.15, -0.1) is 0 Å². The fraction of sp³-hybridized carbons (Fsp3) is 0.0769. The average Bonchev–Trinajstić information content (AvgIpc) is 2.80. The van der Waals surface area contributed by atoms with Crippen LogP contribution in [0, 0.1) is 0 Å². The molecular formula is C13H10N2O3. The Bertz CT molecular complexity index is 786. The summed E-state index contributed by atoms with van der Waals surface area (Å²) >= 11 is 0. The van der Waals surface area contributed by atoms with Gasteiger partial charge in [0.1, 0.15) is 11.3 Å². The van der Waals surface area contributed by atoms with E-state index in [1.165, 1.54) is 4.68 Å². The van der Waals surface area contributed by atoms with Gasteiger partial charge in [-0.2, -0.15) is 5.10 Å². The highest BCUT2D eigenvalue weighted by atomic mass is 16.4. The number of hydrogen-bond donors (Lipinski definition) is 1. The number of para-hydroxylation sites is 1. The van der Waals surface area contributed by atoms with Gasteiger partial charge in [-0.05, 0) is 18.2 Å². The van der Waals surface area contributed by atoms with Crippen molar-refractivity contribution in [1.82, 2.24) is 9.78 Å². The lowest BCUT2D eigenvalue weighted by Crippen LogP contribution is -2.04. The molecule has 90 valence electrons. The molecule has 2 aromatic heterocycles. The molecule has 0 aliphatic carbocycles. The zero-order valence-corrected chi connectivity index (χ0v) is 9.62. The van der Waals surface area contributed by atoms with Crippen molar-refractivity contribution in [3.8, 4) is 17.2 Å². The van der Waals surface area contributed by atoms with E-state index in [0.717, 1.165) is 0 Å². The van der Waals surface area contributed by atoms with Crippen molar-refractivity contribution in [3.63, 3.8) is 0 Å². The highest BCUT2D eigenvalue weighted by molar-refractivity contribution is 5.81. The number of rotatable bonds is 1. The van der Waals surface area contributed by atoms with Crippen molar-refractivity contribution >= 4 is 11.0 Å². The molecule has 1 aromatic carbocycles. The second kappa shape index (κ2) is 3.73. The summed E-state index contributed by atoms with van der Waals surface area (Å²) in [7, 11) is 1.71. The first-order valence-electron chi connectivity index (χ1n) is 5.41. The van der Waals surface area contributed by atoms with Gasteiger partial charge in [0.25, 0.3) is 0 Å². The van der Waals surface area contributed by atoms with Gasteiger partial charge in [-0.1, -0.05) is 12.1 Å². The summed E-state index contributed by atoms with van der Waals surface area (Å²) in [5, 5.41) is 14.3. The topological polar surface area (TPSA) is 68.3 Å². The van der Waals surface area contributed by atoms with Crippen LogP contribution in [-0.4, -0.2) is 14.9 Å². The zero-order chi connectivity index (χ0) is 12.7. The molecule has 0 aliphatic rings. The second-order valence-corrected chi connectivity index (χ2v) is 3.95. The number of benzene rings is 1. The van der Waals surface area contributed by atoms with E-state index in [2.05, 4.69) is 5.10 Å². The van der Waals surface area contributed by atoms with E-state index in [1.54, 1.807) is 43.6 Å². The molecule has 3 rings (SSSR count). The van der Waals surface area contributed by atoms with Crippen LogP contribution in [0.2, 0.25) is 0 Å². The number of nitrogens with zero attached hydrogens (tertiary/aromatic N) is 2. The number of fused-ring (bicyclic) bond motifs is 1. The van der Waals surface area contributed by atoms with Crippen LogP contribution in [0.25, 0.3) is 22.4 Å². The van der Waals surface area contributed by atoms with Crippen LogP contribution in [0.5, 0.6) is 5.75 Å². The van der Waals surface area contributed by atoms with Crippen LogP contribution in [0.1, 0.15) is 0 Å². The van der Waals surface area contributed by atoms with E-state index in [1.807, 2.05) is 0 Å². The molecule has 1 N–H and O–H groups in total. The zero-order valence-electron chi connectivity index (χ0n) is 9.62. The molecule has 5 nitrogen and oxygen atoms in total. The molecule has 5 heteroatoms. The molecule has 0 spiro atoms. The summed E-state index contributed by atoms with van der Waals surface area (Å²) < 4.78 is 7.12. The van der Waals surface area contributed by atoms with Gasteiger partial charge < -0.3 is 9.52 Å². The normalized spacial score (nSPS) is 10.9. The molecule has 0 atom stereocenters. The SMILES string of the molecule is Cn1nccc1-c1oc2ccccc2c(=O)c1O. The number of aromatic hydroxyl groups is 1. The fourth-order valence-electron chi connectivity index (χ4n) is 1.90. The van der Waals surface area contributed by atoms with Crippen LogP contribution in [0.4, 0.5) is 0 Å². The molecule has 0 saturated carbocycles. The Morgan fingerprint density at radius 2 is 2.06 bits per heavy atom. The van der Waals surface area contributed by atoms with Crippen LogP contribution >= 0.6 is 0 Å². The van der Waals surface area contributed by atoms with Crippen molar-refractivity contribution < 1.29 is 9.52 Å². The summed E-state index contributed by atoms with van der Waals surface area (Å²) in [4.78, 5) is 12.0. The van der Waals surface area contributed by atoms with E-state index in [4.69, 9.17) is 4.42 Å². The Morgan fingerprint density at radius 1 is 1.28 bits per heavy atom. The molecular weight excluding hydrogens is 232 g/mol. The maximum Gasteiger partial charge on any atom is 0.235 e. The lowest BCUT2D eigenvalue weighted by atomic mass is 10.2. The molecule has 18 heavy (non-hydrogen) atoms. The summed E-state index contributed by atoms with van der Waals surface area (Å²) in [5.41, 5.74) is 0.555. The maximum absolute atomic E-state index is 12.0. The van der Waals surface area contributed by atoms with Crippen LogP contribution in [0.3, 0.4) is 0 Å². The molecule has 0 unspecified atom stereocenters. The van der Waals surface area contributed by atoms with E-state index in [-0.39, 0.29) is 5.76 Å². The van der Waals surface area contributed by atoms with E-state index in [0.29, 0.717) is 16.7 Å². The third-order valence-corrected chi connectivity index (χ3v) is 2.83. The average molecular weight is 242 g/mol. The molecule has 0 amide bonds. The highest BCUT2D eigenvalue weighted by Gasteiger charge is 2.16. The van der Waals surface area contributed by atoms with Crippen molar-refractivity contribution in [3.05, 3.63) is 46.8 Å². The number of aryl methyl sites for hydroxylation is 1. The van der Waals surface area contributed by atoms with Crippen molar-refractivity contribution in [1.29, 1.82) is 0 Å². The Hall–Kier alpha value is -2.56. The molecule has 2 heterocycles. The molecule has 0 saturated heterocycles. The van der Waals surface area contributed by atoms with Gasteiger partial charge in [0, 0.05) is 13.2 Å². The largest absolute Gasteiger partial charge is 0.501 e. The minimum Gasteiger partial charge on any atom is -0.501 e.